The maximum atomic E-state index is 9.13. The molecular weight excluding hydrogens is 234 g/mol. The molecular formula is C13H15NO2S. The molecule has 0 radical (unpaired) electrons. The zero-order valence-corrected chi connectivity index (χ0v) is 10.2. The number of phenolic OH excluding ortho intramolecular Hbond substituents is 1. The molecule has 2 aromatic rings. The lowest BCUT2D eigenvalue weighted by atomic mass is 10.2. The largest absolute Gasteiger partial charge is 0.508 e. The summed E-state index contributed by atoms with van der Waals surface area (Å²) in [5.74, 6) is 0.963. The second-order valence-corrected chi connectivity index (χ2v) is 4.88. The highest BCUT2D eigenvalue weighted by molar-refractivity contribution is 7.09. The molecule has 0 amide bonds. The van der Waals surface area contributed by atoms with E-state index in [2.05, 4.69) is 6.07 Å². The monoisotopic (exact) mass is 249 g/mol. The maximum Gasteiger partial charge on any atom is 0.119 e. The van der Waals surface area contributed by atoms with Gasteiger partial charge in [0.25, 0.3) is 0 Å². The average Bonchev–Trinajstić information content (AvgIpc) is 2.81. The lowest BCUT2D eigenvalue weighted by Gasteiger charge is -2.12. The Balaban J connectivity index is 1.79. The third-order valence-corrected chi connectivity index (χ3v) is 3.24. The van der Waals surface area contributed by atoms with Crippen LogP contribution in [0.3, 0.4) is 0 Å². The average molecular weight is 249 g/mol. The summed E-state index contributed by atoms with van der Waals surface area (Å²) in [6, 6.07) is 10.7. The van der Waals surface area contributed by atoms with Crippen LogP contribution in [0.5, 0.6) is 11.5 Å². The molecule has 0 aliphatic heterocycles. The van der Waals surface area contributed by atoms with E-state index in [1.54, 1.807) is 35.6 Å². The van der Waals surface area contributed by atoms with Crippen molar-refractivity contribution in [1.82, 2.24) is 0 Å². The van der Waals surface area contributed by atoms with Crippen molar-refractivity contribution in [3.8, 4) is 11.5 Å². The Morgan fingerprint density at radius 1 is 1.24 bits per heavy atom. The second kappa shape index (κ2) is 5.70. The Morgan fingerprint density at radius 3 is 2.65 bits per heavy atom. The molecule has 3 N–H and O–H groups in total. The topological polar surface area (TPSA) is 55.5 Å². The van der Waals surface area contributed by atoms with E-state index in [9.17, 15) is 0 Å². The van der Waals surface area contributed by atoms with Gasteiger partial charge in [-0.3, -0.25) is 0 Å². The molecule has 1 aromatic heterocycles. The van der Waals surface area contributed by atoms with Crippen LogP contribution in [0, 0.1) is 0 Å². The molecule has 1 atom stereocenters. The fraction of sp³-hybridized carbons (Fsp3) is 0.231. The van der Waals surface area contributed by atoms with E-state index < -0.39 is 0 Å². The smallest absolute Gasteiger partial charge is 0.119 e. The Bertz CT molecular complexity index is 439. The van der Waals surface area contributed by atoms with E-state index in [0.717, 1.165) is 12.2 Å². The molecule has 1 heterocycles. The van der Waals surface area contributed by atoms with Gasteiger partial charge in [-0.15, -0.1) is 11.3 Å². The summed E-state index contributed by atoms with van der Waals surface area (Å²) < 4.78 is 5.54. The highest BCUT2D eigenvalue weighted by atomic mass is 32.1. The lowest BCUT2D eigenvalue weighted by Crippen LogP contribution is -2.29. The van der Waals surface area contributed by atoms with E-state index in [-0.39, 0.29) is 11.8 Å². The van der Waals surface area contributed by atoms with Gasteiger partial charge in [-0.2, -0.15) is 0 Å². The molecule has 0 aliphatic carbocycles. The van der Waals surface area contributed by atoms with Crippen LogP contribution in [0.25, 0.3) is 0 Å². The summed E-state index contributed by atoms with van der Waals surface area (Å²) in [5.41, 5.74) is 5.97. The van der Waals surface area contributed by atoms with Gasteiger partial charge in [0.05, 0.1) is 0 Å². The molecule has 0 saturated carbocycles. The Kier molecular flexibility index (Phi) is 4.01. The Morgan fingerprint density at radius 2 is 2.00 bits per heavy atom. The van der Waals surface area contributed by atoms with Crippen LogP contribution in [-0.2, 0) is 6.42 Å². The molecule has 0 spiro atoms. The summed E-state index contributed by atoms with van der Waals surface area (Å²) in [4.78, 5) is 1.27. The standard InChI is InChI=1S/C13H15NO2S/c14-10(8-13-2-1-7-17-13)9-16-12-5-3-11(15)4-6-12/h1-7,10,15H,8-9,14H2. The van der Waals surface area contributed by atoms with Gasteiger partial charge >= 0.3 is 0 Å². The minimum Gasteiger partial charge on any atom is -0.508 e. The van der Waals surface area contributed by atoms with Crippen LogP contribution in [-0.4, -0.2) is 17.8 Å². The summed E-state index contributed by atoms with van der Waals surface area (Å²) in [6.45, 7) is 0.475. The van der Waals surface area contributed by atoms with Gasteiger partial charge < -0.3 is 15.6 Å². The van der Waals surface area contributed by atoms with Crippen molar-refractivity contribution in [3.63, 3.8) is 0 Å². The predicted molar refractivity (Wildman–Crippen MR) is 69.6 cm³/mol. The normalized spacial score (nSPS) is 12.3. The first-order valence-electron chi connectivity index (χ1n) is 5.44. The van der Waals surface area contributed by atoms with Crippen molar-refractivity contribution in [1.29, 1.82) is 0 Å². The number of benzene rings is 1. The number of rotatable bonds is 5. The molecule has 0 fully saturated rings. The van der Waals surface area contributed by atoms with Crippen molar-refractivity contribution in [2.75, 3.05) is 6.61 Å². The van der Waals surface area contributed by atoms with E-state index in [1.807, 2.05) is 11.4 Å². The number of hydrogen-bond donors (Lipinski definition) is 2. The SMILES string of the molecule is NC(COc1ccc(O)cc1)Cc1cccs1. The zero-order valence-electron chi connectivity index (χ0n) is 9.37. The third-order valence-electron chi connectivity index (χ3n) is 2.34. The van der Waals surface area contributed by atoms with Gasteiger partial charge in [0, 0.05) is 17.3 Å². The van der Waals surface area contributed by atoms with E-state index in [0.29, 0.717) is 6.61 Å². The van der Waals surface area contributed by atoms with E-state index in [4.69, 9.17) is 15.6 Å². The second-order valence-electron chi connectivity index (χ2n) is 3.85. The van der Waals surface area contributed by atoms with Crippen molar-refractivity contribution in [2.24, 2.45) is 5.73 Å². The van der Waals surface area contributed by atoms with Gasteiger partial charge in [-0.1, -0.05) is 6.07 Å². The number of phenols is 1. The number of ether oxygens (including phenoxy) is 1. The summed E-state index contributed by atoms with van der Waals surface area (Å²) in [6.07, 6.45) is 0.829. The lowest BCUT2D eigenvalue weighted by molar-refractivity contribution is 0.287. The van der Waals surface area contributed by atoms with E-state index >= 15 is 0 Å². The number of nitrogens with two attached hydrogens (primary N) is 1. The molecule has 0 aliphatic rings. The molecule has 0 bridgehead atoms. The minimum absolute atomic E-state index is 0.0116. The maximum absolute atomic E-state index is 9.13. The molecule has 2 rings (SSSR count). The van der Waals surface area contributed by atoms with Gasteiger partial charge in [-0.05, 0) is 35.7 Å². The fourth-order valence-electron chi connectivity index (χ4n) is 1.49. The van der Waals surface area contributed by atoms with Gasteiger partial charge in [0.1, 0.15) is 18.1 Å². The summed E-state index contributed by atoms with van der Waals surface area (Å²) in [7, 11) is 0. The van der Waals surface area contributed by atoms with Gasteiger partial charge in [0.2, 0.25) is 0 Å². The predicted octanol–water partition coefficient (Wildman–Crippen LogP) is 2.40. The van der Waals surface area contributed by atoms with Gasteiger partial charge in [-0.25, -0.2) is 0 Å². The molecule has 3 nitrogen and oxygen atoms in total. The molecule has 90 valence electrons. The Hall–Kier alpha value is -1.52. The highest BCUT2D eigenvalue weighted by Gasteiger charge is 2.06. The zero-order chi connectivity index (χ0) is 12.1. The van der Waals surface area contributed by atoms with Crippen LogP contribution >= 0.6 is 11.3 Å². The first-order valence-corrected chi connectivity index (χ1v) is 6.32. The van der Waals surface area contributed by atoms with Crippen molar-refractivity contribution in [2.45, 2.75) is 12.5 Å². The summed E-state index contributed by atoms with van der Waals surface area (Å²) >= 11 is 1.71. The quantitative estimate of drug-likeness (QED) is 0.855. The molecule has 1 unspecified atom stereocenters. The van der Waals surface area contributed by atoms with Crippen LogP contribution in [0.15, 0.2) is 41.8 Å². The first-order chi connectivity index (χ1) is 8.24. The molecule has 0 saturated heterocycles. The van der Waals surface area contributed by atoms with Gasteiger partial charge in [0.15, 0.2) is 0 Å². The van der Waals surface area contributed by atoms with Crippen molar-refractivity contribution < 1.29 is 9.84 Å². The molecule has 4 heteroatoms. The first kappa shape index (κ1) is 12.0. The molecule has 1 aromatic carbocycles. The number of hydrogen-bond acceptors (Lipinski definition) is 4. The van der Waals surface area contributed by atoms with Crippen LogP contribution in [0.1, 0.15) is 4.88 Å². The summed E-state index contributed by atoms with van der Waals surface area (Å²) in [5, 5.41) is 11.2. The number of thiophene rings is 1. The van der Waals surface area contributed by atoms with Crippen LogP contribution < -0.4 is 10.5 Å². The van der Waals surface area contributed by atoms with Crippen LogP contribution in [0.2, 0.25) is 0 Å². The van der Waals surface area contributed by atoms with E-state index in [1.165, 1.54) is 4.88 Å². The van der Waals surface area contributed by atoms with Crippen LogP contribution in [0.4, 0.5) is 0 Å². The Labute approximate surface area is 104 Å². The highest BCUT2D eigenvalue weighted by Crippen LogP contribution is 2.16. The van der Waals surface area contributed by atoms with Crippen molar-refractivity contribution in [3.05, 3.63) is 46.7 Å². The molecule has 17 heavy (non-hydrogen) atoms. The third kappa shape index (κ3) is 3.76. The van der Waals surface area contributed by atoms with Crippen molar-refractivity contribution >= 4 is 11.3 Å². The fourth-order valence-corrected chi connectivity index (χ4v) is 2.29. The minimum atomic E-state index is -0.0116. The number of aromatic hydroxyl groups is 1.